The Bertz CT molecular complexity index is 847. The molecule has 0 radical (unpaired) electrons. The van der Waals surface area contributed by atoms with Crippen LogP contribution in [0, 0.1) is 0 Å². The third-order valence-corrected chi connectivity index (χ3v) is 3.17. The molecule has 4 N–H and O–H groups in total. The minimum Gasteiger partial charge on any atom is -0.479 e. The van der Waals surface area contributed by atoms with Gasteiger partial charge in [-0.1, -0.05) is 18.2 Å². The fraction of sp³-hybridized carbons (Fsp3) is 0.222. The van der Waals surface area contributed by atoms with Crippen molar-refractivity contribution in [1.29, 1.82) is 0 Å². The second kappa shape index (κ2) is 7.72. The van der Waals surface area contributed by atoms with Crippen molar-refractivity contribution < 1.29 is 19.7 Å². The number of rotatable bonds is 3. The van der Waals surface area contributed by atoms with Crippen LogP contribution in [0.4, 0.5) is 0 Å². The molecule has 0 saturated carbocycles. The highest BCUT2D eigenvalue weighted by Crippen LogP contribution is 2.23. The normalized spacial score (nSPS) is 13.0. The molecular formula is C18H20N2O4. The third-order valence-electron chi connectivity index (χ3n) is 3.17. The number of carboxylic acids is 1. The van der Waals surface area contributed by atoms with Crippen LogP contribution in [-0.4, -0.2) is 33.5 Å². The maximum atomic E-state index is 9.45. The van der Waals surface area contributed by atoms with Gasteiger partial charge in [-0.2, -0.15) is 0 Å². The van der Waals surface area contributed by atoms with Crippen LogP contribution in [0.25, 0.3) is 21.8 Å². The van der Waals surface area contributed by atoms with E-state index >= 15 is 0 Å². The Balaban J connectivity index is 0.000000301. The monoisotopic (exact) mass is 328 g/mol. The van der Waals surface area contributed by atoms with Gasteiger partial charge in [-0.05, 0) is 44.2 Å². The number of aliphatic hydroxyl groups excluding tert-OH is 1. The Hall–Kier alpha value is -2.70. The molecule has 3 rings (SSSR count). The number of pyridine rings is 1. The number of aromatic nitrogens is 1. The minimum atomic E-state index is -1.23. The summed E-state index contributed by atoms with van der Waals surface area (Å²) in [6.07, 6.45) is -1.54. The molecule has 0 amide bonds. The van der Waals surface area contributed by atoms with Crippen LogP contribution < -0.4 is 10.5 Å². The van der Waals surface area contributed by atoms with Crippen molar-refractivity contribution >= 4 is 27.8 Å². The van der Waals surface area contributed by atoms with E-state index < -0.39 is 12.1 Å². The molecule has 0 aliphatic carbocycles. The van der Waals surface area contributed by atoms with E-state index in [9.17, 15) is 4.79 Å². The topological polar surface area (TPSA) is 106 Å². The standard InChI is InChI=1S/C15H14N2O.C3H6O3/c1-10(16)18-13-6-7-15-12(9-13)8-11-4-2-3-5-14(11)17-15;1-2(4)3(5)6/h2-10H,16H2,1H3;2,4H,1H3,(H,5,6). The second-order valence-electron chi connectivity index (χ2n) is 5.37. The van der Waals surface area contributed by atoms with Crippen molar-refractivity contribution in [3.63, 3.8) is 0 Å². The number of aliphatic carboxylic acids is 1. The number of hydrogen-bond acceptors (Lipinski definition) is 5. The van der Waals surface area contributed by atoms with Crippen LogP contribution in [-0.2, 0) is 4.79 Å². The molecule has 0 aliphatic rings. The molecular weight excluding hydrogens is 308 g/mol. The van der Waals surface area contributed by atoms with Crippen LogP contribution >= 0.6 is 0 Å². The van der Waals surface area contributed by atoms with Crippen molar-refractivity contribution in [2.75, 3.05) is 0 Å². The molecule has 2 aromatic carbocycles. The van der Waals surface area contributed by atoms with Gasteiger partial charge in [0, 0.05) is 10.8 Å². The molecule has 1 aromatic heterocycles. The van der Waals surface area contributed by atoms with Gasteiger partial charge >= 0.3 is 5.97 Å². The lowest BCUT2D eigenvalue weighted by atomic mass is 10.1. The van der Waals surface area contributed by atoms with Crippen LogP contribution in [0.1, 0.15) is 13.8 Å². The first-order valence-corrected chi connectivity index (χ1v) is 7.49. The summed E-state index contributed by atoms with van der Waals surface area (Å²) in [7, 11) is 0. The SMILES string of the molecule is CC(N)Oc1ccc2nc3ccccc3cc2c1.CC(O)C(=O)O. The predicted molar refractivity (Wildman–Crippen MR) is 92.8 cm³/mol. The first-order chi connectivity index (χ1) is 11.4. The summed E-state index contributed by atoms with van der Waals surface area (Å²) in [6, 6.07) is 16.0. The molecule has 0 aliphatic heterocycles. The van der Waals surface area contributed by atoms with Crippen molar-refractivity contribution in [2.24, 2.45) is 5.73 Å². The fourth-order valence-corrected chi connectivity index (χ4v) is 2.05. The molecule has 0 bridgehead atoms. The predicted octanol–water partition coefficient (Wildman–Crippen LogP) is 2.52. The summed E-state index contributed by atoms with van der Waals surface area (Å²) < 4.78 is 5.48. The Labute approximate surface area is 139 Å². The second-order valence-corrected chi connectivity index (χ2v) is 5.37. The van der Waals surface area contributed by atoms with E-state index in [0.717, 1.165) is 27.6 Å². The summed E-state index contributed by atoms with van der Waals surface area (Å²) in [5.41, 5.74) is 7.59. The van der Waals surface area contributed by atoms with E-state index in [0.29, 0.717) is 0 Å². The number of nitrogens with two attached hydrogens (primary N) is 1. The summed E-state index contributed by atoms with van der Waals surface area (Å²) >= 11 is 0. The highest BCUT2D eigenvalue weighted by atomic mass is 16.5. The van der Waals surface area contributed by atoms with E-state index in [1.807, 2.05) is 43.3 Å². The number of carboxylic acid groups (broad SMARTS) is 1. The smallest absolute Gasteiger partial charge is 0.332 e. The van der Waals surface area contributed by atoms with Crippen LogP contribution in [0.2, 0.25) is 0 Å². The fourth-order valence-electron chi connectivity index (χ4n) is 2.05. The average molecular weight is 328 g/mol. The van der Waals surface area contributed by atoms with Gasteiger partial charge < -0.3 is 14.9 Å². The quantitative estimate of drug-likeness (QED) is 0.504. The Morgan fingerprint density at radius 1 is 1.08 bits per heavy atom. The third kappa shape index (κ3) is 4.65. The number of aliphatic hydroxyl groups is 1. The molecule has 1 heterocycles. The molecule has 2 unspecified atom stereocenters. The lowest BCUT2D eigenvalue weighted by molar-refractivity contribution is -0.145. The Kier molecular flexibility index (Phi) is 5.68. The minimum absolute atomic E-state index is 0.309. The van der Waals surface area contributed by atoms with Gasteiger partial charge in [0.2, 0.25) is 0 Å². The van der Waals surface area contributed by atoms with Gasteiger partial charge in [0.05, 0.1) is 11.0 Å². The molecule has 126 valence electrons. The maximum absolute atomic E-state index is 9.45. The summed E-state index contributed by atoms with van der Waals surface area (Å²) in [6.45, 7) is 3.01. The van der Waals surface area contributed by atoms with E-state index in [4.69, 9.17) is 20.7 Å². The highest BCUT2D eigenvalue weighted by Gasteiger charge is 2.03. The largest absolute Gasteiger partial charge is 0.479 e. The lowest BCUT2D eigenvalue weighted by Gasteiger charge is -2.10. The maximum Gasteiger partial charge on any atom is 0.332 e. The number of para-hydroxylation sites is 1. The zero-order valence-corrected chi connectivity index (χ0v) is 13.5. The van der Waals surface area contributed by atoms with E-state index in [1.54, 1.807) is 0 Å². The average Bonchev–Trinajstić information content (AvgIpc) is 2.52. The first kappa shape index (κ1) is 17.7. The Morgan fingerprint density at radius 2 is 1.71 bits per heavy atom. The summed E-state index contributed by atoms with van der Waals surface area (Å²) in [5.74, 6) is -0.412. The molecule has 0 fully saturated rings. The number of ether oxygens (including phenoxy) is 1. The van der Waals surface area contributed by atoms with Crippen molar-refractivity contribution in [1.82, 2.24) is 4.98 Å². The number of hydrogen-bond donors (Lipinski definition) is 3. The Morgan fingerprint density at radius 3 is 2.33 bits per heavy atom. The van der Waals surface area contributed by atoms with Gasteiger partial charge in [0.25, 0.3) is 0 Å². The number of fused-ring (bicyclic) bond motifs is 2. The van der Waals surface area contributed by atoms with Gasteiger partial charge in [-0.15, -0.1) is 0 Å². The summed E-state index contributed by atoms with van der Waals surface area (Å²) in [5, 5.41) is 18.0. The summed E-state index contributed by atoms with van der Waals surface area (Å²) in [4.78, 5) is 14.1. The molecule has 6 nitrogen and oxygen atoms in total. The van der Waals surface area contributed by atoms with Gasteiger partial charge in [-0.25, -0.2) is 9.78 Å². The van der Waals surface area contributed by atoms with Crippen LogP contribution in [0.3, 0.4) is 0 Å². The number of benzene rings is 2. The van der Waals surface area contributed by atoms with E-state index in [1.165, 1.54) is 6.92 Å². The van der Waals surface area contributed by atoms with Crippen molar-refractivity contribution in [3.8, 4) is 5.75 Å². The molecule has 0 saturated heterocycles. The number of carbonyl (C=O) groups is 1. The number of nitrogens with zero attached hydrogens (tertiary/aromatic N) is 1. The molecule has 6 heteroatoms. The van der Waals surface area contributed by atoms with E-state index in [-0.39, 0.29) is 6.23 Å². The van der Waals surface area contributed by atoms with Crippen molar-refractivity contribution in [3.05, 3.63) is 48.5 Å². The van der Waals surface area contributed by atoms with Crippen LogP contribution in [0.15, 0.2) is 48.5 Å². The molecule has 2 atom stereocenters. The van der Waals surface area contributed by atoms with Gasteiger partial charge in [-0.3, -0.25) is 5.73 Å². The van der Waals surface area contributed by atoms with E-state index in [2.05, 4.69) is 17.1 Å². The highest BCUT2D eigenvalue weighted by molar-refractivity contribution is 5.93. The zero-order chi connectivity index (χ0) is 17.7. The van der Waals surface area contributed by atoms with Gasteiger partial charge in [0.1, 0.15) is 18.1 Å². The van der Waals surface area contributed by atoms with Gasteiger partial charge in [0.15, 0.2) is 0 Å². The first-order valence-electron chi connectivity index (χ1n) is 7.49. The molecule has 24 heavy (non-hydrogen) atoms. The van der Waals surface area contributed by atoms with Crippen LogP contribution in [0.5, 0.6) is 5.75 Å². The van der Waals surface area contributed by atoms with Crippen molar-refractivity contribution in [2.45, 2.75) is 26.2 Å². The zero-order valence-electron chi connectivity index (χ0n) is 13.5. The molecule has 3 aromatic rings. The lowest BCUT2D eigenvalue weighted by Crippen LogP contribution is -2.22. The molecule has 0 spiro atoms.